The largest absolute Gasteiger partial charge is 0.461 e. The van der Waals surface area contributed by atoms with E-state index < -0.39 is 5.97 Å². The predicted octanol–water partition coefficient (Wildman–Crippen LogP) is 1.21. The Morgan fingerprint density at radius 3 is 3.13 bits per heavy atom. The minimum absolute atomic E-state index is 0.322. The highest BCUT2D eigenvalue weighted by Gasteiger charge is 2.11. The second-order valence-electron chi connectivity index (χ2n) is 3.10. The van der Waals surface area contributed by atoms with E-state index in [4.69, 9.17) is 4.74 Å². The summed E-state index contributed by atoms with van der Waals surface area (Å²) in [5.41, 5.74) is 1.83. The number of hydrogen-bond acceptors (Lipinski definition) is 4. The van der Waals surface area contributed by atoms with E-state index in [2.05, 4.69) is 10.1 Å². The molecular weight excluding hydrogens is 194 g/mol. The van der Waals surface area contributed by atoms with Crippen molar-refractivity contribution in [3.63, 3.8) is 0 Å². The summed E-state index contributed by atoms with van der Waals surface area (Å²) in [5, 5.41) is 4.07. The highest BCUT2D eigenvalue weighted by atomic mass is 16.5. The van der Waals surface area contributed by atoms with Crippen LogP contribution in [-0.2, 0) is 4.74 Å². The molecule has 0 unspecified atom stereocenters. The third-order valence-electron chi connectivity index (χ3n) is 2.02. The molecule has 0 radical (unpaired) electrons. The highest BCUT2D eigenvalue weighted by molar-refractivity contribution is 5.87. The third-order valence-corrected chi connectivity index (χ3v) is 2.02. The molecule has 5 nitrogen and oxygen atoms in total. The molecule has 0 bridgehead atoms. The fraction of sp³-hybridized carbons (Fsp3) is 0.300. The Balaban J connectivity index is 2.49. The van der Waals surface area contributed by atoms with Gasteiger partial charge in [-0.1, -0.05) is 0 Å². The zero-order valence-corrected chi connectivity index (χ0v) is 8.60. The molecule has 5 heteroatoms. The minimum Gasteiger partial charge on any atom is -0.461 e. The van der Waals surface area contributed by atoms with E-state index in [0.29, 0.717) is 17.9 Å². The Bertz CT molecular complexity index is 504. The quantitative estimate of drug-likeness (QED) is 0.691. The van der Waals surface area contributed by atoms with Gasteiger partial charge in [-0.3, -0.25) is 0 Å². The monoisotopic (exact) mass is 205 g/mol. The first-order chi connectivity index (χ1) is 7.22. The van der Waals surface area contributed by atoms with Gasteiger partial charge in [-0.25, -0.2) is 14.3 Å². The zero-order chi connectivity index (χ0) is 10.8. The number of rotatable bonds is 2. The van der Waals surface area contributed by atoms with Gasteiger partial charge in [0.2, 0.25) is 0 Å². The summed E-state index contributed by atoms with van der Waals surface area (Å²) in [5.74, 6) is -0.399. The molecule has 0 aliphatic carbocycles. The average molecular weight is 205 g/mol. The lowest BCUT2D eigenvalue weighted by Gasteiger charge is -2.03. The van der Waals surface area contributed by atoms with Crippen LogP contribution in [-0.4, -0.2) is 27.2 Å². The molecule has 2 heterocycles. The van der Waals surface area contributed by atoms with Crippen molar-refractivity contribution in [3.8, 4) is 0 Å². The van der Waals surface area contributed by atoms with Crippen LogP contribution in [0.2, 0.25) is 0 Å². The van der Waals surface area contributed by atoms with Gasteiger partial charge in [-0.2, -0.15) is 5.10 Å². The Hall–Kier alpha value is -1.91. The minimum atomic E-state index is -0.399. The summed E-state index contributed by atoms with van der Waals surface area (Å²) < 4.78 is 6.55. The molecule has 0 aromatic carbocycles. The highest BCUT2D eigenvalue weighted by Crippen LogP contribution is 2.07. The van der Waals surface area contributed by atoms with E-state index in [-0.39, 0.29) is 0 Å². The van der Waals surface area contributed by atoms with E-state index in [1.165, 1.54) is 0 Å². The van der Waals surface area contributed by atoms with E-state index in [9.17, 15) is 4.79 Å². The average Bonchev–Trinajstić information content (AvgIpc) is 2.66. The van der Waals surface area contributed by atoms with Crippen LogP contribution in [0, 0.1) is 6.92 Å². The van der Waals surface area contributed by atoms with Crippen LogP contribution in [0.25, 0.3) is 5.65 Å². The number of hydrogen-bond donors (Lipinski definition) is 0. The fourth-order valence-corrected chi connectivity index (χ4v) is 1.38. The molecule has 0 amide bonds. The topological polar surface area (TPSA) is 56.5 Å². The Morgan fingerprint density at radius 2 is 2.40 bits per heavy atom. The first kappa shape index (κ1) is 9.64. The standard InChI is InChI=1S/C10H11N3O2/c1-3-15-10(14)8-6-7(2)13-9(12-8)4-5-11-13/h4-6H,3H2,1-2H3. The maximum Gasteiger partial charge on any atom is 0.357 e. The van der Waals surface area contributed by atoms with Crippen LogP contribution < -0.4 is 0 Å². The number of aryl methyl sites for hydroxylation is 1. The number of carbonyl (C=O) groups excluding carboxylic acids is 1. The van der Waals surface area contributed by atoms with Crippen LogP contribution in [0.15, 0.2) is 18.3 Å². The first-order valence-corrected chi connectivity index (χ1v) is 4.71. The first-order valence-electron chi connectivity index (χ1n) is 4.71. The maximum atomic E-state index is 11.4. The molecule has 0 atom stereocenters. The summed E-state index contributed by atoms with van der Waals surface area (Å²) in [7, 11) is 0. The van der Waals surface area contributed by atoms with Crippen LogP contribution in [0.1, 0.15) is 23.1 Å². The summed E-state index contributed by atoms with van der Waals surface area (Å²) in [6, 6.07) is 3.41. The molecule has 0 N–H and O–H groups in total. The lowest BCUT2D eigenvalue weighted by molar-refractivity contribution is 0.0519. The SMILES string of the molecule is CCOC(=O)c1cc(C)n2nccc2n1. The van der Waals surface area contributed by atoms with Crippen LogP contribution in [0.4, 0.5) is 0 Å². The number of carbonyl (C=O) groups is 1. The van der Waals surface area contributed by atoms with Crippen molar-refractivity contribution < 1.29 is 9.53 Å². The van der Waals surface area contributed by atoms with Crippen molar-refractivity contribution in [1.82, 2.24) is 14.6 Å². The molecule has 2 aromatic rings. The van der Waals surface area contributed by atoms with Gasteiger partial charge in [-0.15, -0.1) is 0 Å². The smallest absolute Gasteiger partial charge is 0.357 e. The van der Waals surface area contributed by atoms with Crippen molar-refractivity contribution in [2.75, 3.05) is 6.61 Å². The summed E-state index contributed by atoms with van der Waals surface area (Å²) in [6.07, 6.45) is 1.64. The van der Waals surface area contributed by atoms with Crippen molar-refractivity contribution in [1.29, 1.82) is 0 Å². The Morgan fingerprint density at radius 1 is 1.60 bits per heavy atom. The number of fused-ring (bicyclic) bond motifs is 1. The summed E-state index contributed by atoms with van der Waals surface area (Å²) in [6.45, 7) is 3.98. The molecule has 0 spiro atoms. The number of aromatic nitrogens is 3. The van der Waals surface area contributed by atoms with Crippen LogP contribution in [0.5, 0.6) is 0 Å². The molecule has 0 saturated heterocycles. The Kier molecular flexibility index (Phi) is 2.37. The van der Waals surface area contributed by atoms with Crippen molar-refractivity contribution in [2.45, 2.75) is 13.8 Å². The molecule has 0 fully saturated rings. The molecular formula is C10H11N3O2. The van der Waals surface area contributed by atoms with Gasteiger partial charge in [0.05, 0.1) is 12.8 Å². The Labute approximate surface area is 86.7 Å². The second-order valence-corrected chi connectivity index (χ2v) is 3.10. The van der Waals surface area contributed by atoms with Gasteiger partial charge in [0, 0.05) is 11.8 Å². The molecule has 2 aromatic heterocycles. The van der Waals surface area contributed by atoms with Gasteiger partial charge in [0.25, 0.3) is 0 Å². The van der Waals surface area contributed by atoms with E-state index in [1.54, 1.807) is 29.8 Å². The second kappa shape index (κ2) is 3.68. The lowest BCUT2D eigenvalue weighted by Crippen LogP contribution is -2.09. The van der Waals surface area contributed by atoms with E-state index in [0.717, 1.165) is 5.69 Å². The summed E-state index contributed by atoms with van der Waals surface area (Å²) >= 11 is 0. The summed E-state index contributed by atoms with van der Waals surface area (Å²) in [4.78, 5) is 15.6. The normalized spacial score (nSPS) is 10.5. The molecule has 0 aliphatic heterocycles. The van der Waals surface area contributed by atoms with Gasteiger partial charge in [-0.05, 0) is 19.9 Å². The van der Waals surface area contributed by atoms with Crippen LogP contribution >= 0.6 is 0 Å². The van der Waals surface area contributed by atoms with Crippen molar-refractivity contribution in [2.24, 2.45) is 0 Å². The van der Waals surface area contributed by atoms with E-state index in [1.807, 2.05) is 6.92 Å². The fourth-order valence-electron chi connectivity index (χ4n) is 1.38. The zero-order valence-electron chi connectivity index (χ0n) is 8.60. The van der Waals surface area contributed by atoms with Gasteiger partial charge in [0.1, 0.15) is 0 Å². The van der Waals surface area contributed by atoms with Crippen LogP contribution in [0.3, 0.4) is 0 Å². The number of nitrogens with zero attached hydrogens (tertiary/aromatic N) is 3. The van der Waals surface area contributed by atoms with Crippen molar-refractivity contribution >= 4 is 11.6 Å². The lowest BCUT2D eigenvalue weighted by atomic mass is 10.3. The predicted molar refractivity (Wildman–Crippen MR) is 53.7 cm³/mol. The van der Waals surface area contributed by atoms with Crippen molar-refractivity contribution in [3.05, 3.63) is 29.7 Å². The van der Waals surface area contributed by atoms with Gasteiger partial charge < -0.3 is 4.74 Å². The molecule has 78 valence electrons. The maximum absolute atomic E-state index is 11.4. The third kappa shape index (κ3) is 1.68. The van der Waals surface area contributed by atoms with E-state index >= 15 is 0 Å². The molecule has 0 saturated carbocycles. The number of ether oxygens (including phenoxy) is 1. The number of esters is 1. The molecule has 15 heavy (non-hydrogen) atoms. The molecule has 2 rings (SSSR count). The van der Waals surface area contributed by atoms with Gasteiger partial charge >= 0.3 is 5.97 Å². The van der Waals surface area contributed by atoms with Gasteiger partial charge in [0.15, 0.2) is 11.3 Å². The molecule has 0 aliphatic rings.